The van der Waals surface area contributed by atoms with E-state index in [4.69, 9.17) is 21.5 Å². The number of pyridine rings is 1. The van der Waals surface area contributed by atoms with E-state index in [0.717, 1.165) is 16.9 Å². The van der Waals surface area contributed by atoms with Crippen molar-refractivity contribution in [2.75, 3.05) is 16.8 Å². The number of hydrogen-bond donors (Lipinski definition) is 4. The van der Waals surface area contributed by atoms with E-state index in [0.29, 0.717) is 17.8 Å². The molecule has 1 aliphatic heterocycles. The average molecular weight is 402 g/mol. The molecule has 9 heteroatoms. The molecule has 0 bridgehead atoms. The minimum Gasteiger partial charge on any atom is -0.491 e. The second kappa shape index (κ2) is 8.41. The molecule has 0 saturated heterocycles. The van der Waals surface area contributed by atoms with E-state index in [1.807, 2.05) is 44.3 Å². The summed E-state index contributed by atoms with van der Waals surface area (Å²) < 4.78 is 5.90. The van der Waals surface area contributed by atoms with Gasteiger partial charge in [-0.15, -0.1) is 6.58 Å². The molecular formula is C21H22N8O. The Bertz CT molecular complexity index is 1110. The first-order valence-corrected chi connectivity index (χ1v) is 9.28. The molecule has 0 radical (unpaired) electrons. The van der Waals surface area contributed by atoms with Gasteiger partial charge in [-0.1, -0.05) is 12.1 Å². The van der Waals surface area contributed by atoms with Gasteiger partial charge in [-0.25, -0.2) is 9.98 Å². The highest BCUT2D eigenvalue weighted by atomic mass is 16.5. The molecule has 2 aromatic rings. The Morgan fingerprint density at radius 3 is 2.77 bits per heavy atom. The number of nitriles is 2. The third-order valence-corrected chi connectivity index (χ3v) is 4.48. The highest BCUT2D eigenvalue weighted by molar-refractivity contribution is 5.98. The van der Waals surface area contributed by atoms with Crippen LogP contribution in [0, 0.1) is 22.8 Å². The highest BCUT2D eigenvalue weighted by Gasteiger charge is 2.30. The predicted molar refractivity (Wildman–Crippen MR) is 116 cm³/mol. The van der Waals surface area contributed by atoms with Gasteiger partial charge in [0.15, 0.2) is 6.19 Å². The van der Waals surface area contributed by atoms with Gasteiger partial charge in [0.1, 0.15) is 35.1 Å². The SMILES string of the molecule is C=CCc1cc(C2N=C(NC#N)Nc3nc(N)c(C#N)c(N)c32)ccc1OC(C)C. The van der Waals surface area contributed by atoms with Crippen LogP contribution in [-0.4, -0.2) is 17.0 Å². The van der Waals surface area contributed by atoms with Crippen LogP contribution in [0.25, 0.3) is 0 Å². The summed E-state index contributed by atoms with van der Waals surface area (Å²) in [5.41, 5.74) is 14.7. The zero-order valence-electron chi connectivity index (χ0n) is 16.7. The van der Waals surface area contributed by atoms with Crippen molar-refractivity contribution in [3.8, 4) is 18.0 Å². The van der Waals surface area contributed by atoms with Gasteiger partial charge in [-0.05, 0) is 43.5 Å². The third kappa shape index (κ3) is 3.82. The number of nitrogens with two attached hydrogens (primary N) is 2. The summed E-state index contributed by atoms with van der Waals surface area (Å²) in [5, 5.41) is 23.9. The van der Waals surface area contributed by atoms with E-state index in [2.05, 4.69) is 27.2 Å². The van der Waals surface area contributed by atoms with Crippen molar-refractivity contribution in [1.29, 1.82) is 10.5 Å². The lowest BCUT2D eigenvalue weighted by atomic mass is 9.93. The van der Waals surface area contributed by atoms with Crippen LogP contribution in [0.3, 0.4) is 0 Å². The van der Waals surface area contributed by atoms with Gasteiger partial charge in [0.25, 0.3) is 0 Å². The van der Waals surface area contributed by atoms with E-state index in [1.165, 1.54) is 0 Å². The van der Waals surface area contributed by atoms with Crippen LogP contribution in [0.1, 0.15) is 42.1 Å². The zero-order chi connectivity index (χ0) is 21.8. The Hall–Kier alpha value is -4.24. The average Bonchev–Trinajstić information content (AvgIpc) is 2.69. The van der Waals surface area contributed by atoms with Crippen molar-refractivity contribution in [1.82, 2.24) is 10.3 Å². The number of rotatable bonds is 5. The molecule has 1 aromatic carbocycles. The molecule has 0 aliphatic carbocycles. The number of fused-ring (bicyclic) bond motifs is 1. The van der Waals surface area contributed by atoms with E-state index in [-0.39, 0.29) is 29.1 Å². The quantitative estimate of drug-likeness (QED) is 0.337. The van der Waals surface area contributed by atoms with E-state index in [9.17, 15) is 5.26 Å². The smallest absolute Gasteiger partial charge is 0.211 e. The zero-order valence-corrected chi connectivity index (χ0v) is 16.7. The maximum absolute atomic E-state index is 9.44. The molecular weight excluding hydrogens is 380 g/mol. The van der Waals surface area contributed by atoms with Gasteiger partial charge >= 0.3 is 0 Å². The molecule has 0 fully saturated rings. The molecule has 0 amide bonds. The number of hydrogen-bond acceptors (Lipinski definition) is 9. The van der Waals surface area contributed by atoms with Crippen LogP contribution < -0.4 is 26.8 Å². The molecule has 2 heterocycles. The van der Waals surface area contributed by atoms with Crippen molar-refractivity contribution in [3.05, 3.63) is 53.1 Å². The number of guanidine groups is 1. The van der Waals surface area contributed by atoms with Crippen LogP contribution in [0.5, 0.6) is 5.75 Å². The molecule has 1 aromatic heterocycles. The Kier molecular flexibility index (Phi) is 5.75. The summed E-state index contributed by atoms with van der Waals surface area (Å²) in [7, 11) is 0. The van der Waals surface area contributed by atoms with Crippen molar-refractivity contribution in [2.45, 2.75) is 32.4 Å². The fourth-order valence-corrected chi connectivity index (χ4v) is 3.28. The number of nitrogen functional groups attached to an aromatic ring is 2. The summed E-state index contributed by atoms with van der Waals surface area (Å²) in [6.45, 7) is 7.73. The molecule has 0 spiro atoms. The van der Waals surface area contributed by atoms with Crippen LogP contribution in [0.15, 0.2) is 35.8 Å². The van der Waals surface area contributed by atoms with Crippen LogP contribution in [0.4, 0.5) is 17.3 Å². The lowest BCUT2D eigenvalue weighted by Crippen LogP contribution is -2.32. The van der Waals surface area contributed by atoms with Gasteiger partial charge in [0.05, 0.1) is 11.8 Å². The third-order valence-electron chi connectivity index (χ3n) is 4.48. The predicted octanol–water partition coefficient (Wildman–Crippen LogP) is 2.57. The first-order chi connectivity index (χ1) is 14.4. The largest absolute Gasteiger partial charge is 0.491 e. The second-order valence-electron chi connectivity index (χ2n) is 6.93. The lowest BCUT2D eigenvalue weighted by molar-refractivity contribution is 0.240. The topological polar surface area (TPSA) is 158 Å². The molecule has 1 aliphatic rings. The van der Waals surface area contributed by atoms with E-state index >= 15 is 0 Å². The van der Waals surface area contributed by atoms with Gasteiger partial charge < -0.3 is 21.5 Å². The summed E-state index contributed by atoms with van der Waals surface area (Å²) in [6, 6.07) is 7.09. The monoisotopic (exact) mass is 402 g/mol. The lowest BCUT2D eigenvalue weighted by Gasteiger charge is -2.26. The highest BCUT2D eigenvalue weighted by Crippen LogP contribution is 2.41. The Morgan fingerprint density at radius 2 is 2.13 bits per heavy atom. The summed E-state index contributed by atoms with van der Waals surface area (Å²) >= 11 is 0. The van der Waals surface area contributed by atoms with Crippen LogP contribution in [0.2, 0.25) is 0 Å². The minimum absolute atomic E-state index is 0.00577. The molecule has 3 rings (SSSR count). The second-order valence-corrected chi connectivity index (χ2v) is 6.93. The number of aliphatic imine (C=N–C) groups is 1. The Balaban J connectivity index is 2.20. The fraction of sp³-hybridized carbons (Fsp3) is 0.238. The van der Waals surface area contributed by atoms with E-state index < -0.39 is 6.04 Å². The van der Waals surface area contributed by atoms with Crippen molar-refractivity contribution in [3.63, 3.8) is 0 Å². The van der Waals surface area contributed by atoms with Gasteiger partial charge in [-0.3, -0.25) is 5.32 Å². The van der Waals surface area contributed by atoms with Crippen LogP contribution in [-0.2, 0) is 6.42 Å². The van der Waals surface area contributed by atoms with Crippen molar-refractivity contribution in [2.24, 2.45) is 4.99 Å². The molecule has 152 valence electrons. The fourth-order valence-electron chi connectivity index (χ4n) is 3.28. The summed E-state index contributed by atoms with van der Waals surface area (Å²) in [5.74, 6) is 1.31. The Labute approximate surface area is 174 Å². The van der Waals surface area contributed by atoms with Gasteiger partial charge in [0, 0.05) is 5.56 Å². The number of ether oxygens (including phenoxy) is 1. The van der Waals surface area contributed by atoms with Crippen molar-refractivity contribution < 1.29 is 4.74 Å². The van der Waals surface area contributed by atoms with Crippen molar-refractivity contribution >= 4 is 23.3 Å². The molecule has 30 heavy (non-hydrogen) atoms. The number of nitrogens with one attached hydrogen (secondary N) is 2. The maximum Gasteiger partial charge on any atom is 0.211 e. The minimum atomic E-state index is -0.603. The maximum atomic E-state index is 9.44. The number of allylic oxidation sites excluding steroid dienone is 1. The van der Waals surface area contributed by atoms with Crippen LogP contribution >= 0.6 is 0 Å². The number of benzene rings is 1. The molecule has 1 unspecified atom stereocenters. The standard InChI is InChI=1S/C21H22N8O/c1-4-5-12-8-13(6-7-15(12)30-11(2)3)18-16-17(24)14(9-22)19(25)28-20(16)29-21(27-18)26-10-23/h4,6-8,11,18H,1,5H2,2-3H3,(H6,24,25,26,27,28,29). The van der Waals surface area contributed by atoms with E-state index in [1.54, 1.807) is 6.08 Å². The molecule has 1 atom stereocenters. The molecule has 6 N–H and O–H groups in total. The first kappa shape index (κ1) is 20.5. The van der Waals surface area contributed by atoms with Gasteiger partial charge in [-0.2, -0.15) is 10.5 Å². The number of nitrogens with zero attached hydrogens (tertiary/aromatic N) is 4. The molecule has 0 saturated carbocycles. The van der Waals surface area contributed by atoms with Gasteiger partial charge in [0.2, 0.25) is 5.96 Å². The summed E-state index contributed by atoms with van der Waals surface area (Å²) in [6.07, 6.45) is 4.24. The number of aromatic nitrogens is 1. The normalized spacial score (nSPS) is 14.6. The Morgan fingerprint density at radius 1 is 1.37 bits per heavy atom. The summed E-state index contributed by atoms with van der Waals surface area (Å²) in [4.78, 5) is 8.84. The molecule has 9 nitrogen and oxygen atoms in total. The number of anilines is 3. The first-order valence-electron chi connectivity index (χ1n) is 9.28.